The molecule has 106 valence electrons. The van der Waals surface area contributed by atoms with E-state index in [0.717, 1.165) is 12.1 Å². The van der Waals surface area contributed by atoms with E-state index in [2.05, 4.69) is 5.32 Å². The van der Waals surface area contributed by atoms with Crippen LogP contribution in [0.1, 0.15) is 17.2 Å². The number of nitrogens with one attached hydrogen (secondary N) is 1. The fourth-order valence-electron chi connectivity index (χ4n) is 1.85. The van der Waals surface area contributed by atoms with Gasteiger partial charge in [-0.15, -0.1) is 0 Å². The molecule has 0 spiro atoms. The van der Waals surface area contributed by atoms with Gasteiger partial charge >= 0.3 is 0 Å². The minimum absolute atomic E-state index is 0.0118. The summed E-state index contributed by atoms with van der Waals surface area (Å²) in [5, 5.41) is 12.8. The van der Waals surface area contributed by atoms with Crippen LogP contribution in [0, 0.1) is 24.4 Å². The monoisotopic (exact) mass is 281 g/mol. The number of aliphatic hydroxyl groups is 1. The maximum absolute atomic E-state index is 13.5. The largest absolute Gasteiger partial charge is 0.386 e. The van der Waals surface area contributed by atoms with E-state index in [1.165, 1.54) is 18.2 Å². The molecule has 5 heteroatoms. The van der Waals surface area contributed by atoms with Gasteiger partial charge in [-0.3, -0.25) is 0 Å². The molecule has 0 heterocycles. The molecule has 0 saturated heterocycles. The third kappa shape index (κ3) is 3.30. The smallest absolute Gasteiger partial charge is 0.131 e. The highest BCUT2D eigenvalue weighted by Gasteiger charge is 2.13. The summed E-state index contributed by atoms with van der Waals surface area (Å²) in [4.78, 5) is 0. The Kier molecular flexibility index (Phi) is 4.29. The summed E-state index contributed by atoms with van der Waals surface area (Å²) in [5.74, 6) is -1.81. The molecule has 0 aromatic heterocycles. The normalized spacial score (nSPS) is 12.2. The van der Waals surface area contributed by atoms with Gasteiger partial charge in [-0.05, 0) is 36.8 Å². The van der Waals surface area contributed by atoms with Gasteiger partial charge in [-0.25, -0.2) is 13.2 Å². The highest BCUT2D eigenvalue weighted by molar-refractivity contribution is 5.46. The molecule has 0 radical (unpaired) electrons. The van der Waals surface area contributed by atoms with Crippen molar-refractivity contribution in [2.24, 2.45) is 0 Å². The van der Waals surface area contributed by atoms with Gasteiger partial charge in [0.1, 0.15) is 17.5 Å². The van der Waals surface area contributed by atoms with Crippen LogP contribution in [0.2, 0.25) is 0 Å². The molecule has 1 unspecified atom stereocenters. The third-order valence-electron chi connectivity index (χ3n) is 2.98. The maximum atomic E-state index is 13.5. The lowest BCUT2D eigenvalue weighted by Gasteiger charge is -2.14. The minimum Gasteiger partial charge on any atom is -0.386 e. The number of hydrogen-bond acceptors (Lipinski definition) is 2. The van der Waals surface area contributed by atoms with Crippen molar-refractivity contribution in [3.05, 3.63) is 65.0 Å². The van der Waals surface area contributed by atoms with Gasteiger partial charge in [0.2, 0.25) is 0 Å². The Hall–Kier alpha value is -2.01. The van der Waals surface area contributed by atoms with Crippen molar-refractivity contribution in [1.82, 2.24) is 0 Å². The number of hydrogen-bond donors (Lipinski definition) is 2. The van der Waals surface area contributed by atoms with Crippen molar-refractivity contribution >= 4 is 5.69 Å². The van der Waals surface area contributed by atoms with E-state index >= 15 is 0 Å². The van der Waals surface area contributed by atoms with Gasteiger partial charge in [-0.1, -0.05) is 6.07 Å². The van der Waals surface area contributed by atoms with Crippen molar-refractivity contribution in [1.29, 1.82) is 0 Å². The molecule has 2 rings (SSSR count). The molecule has 0 amide bonds. The minimum atomic E-state index is -1.12. The van der Waals surface area contributed by atoms with Crippen LogP contribution >= 0.6 is 0 Å². The summed E-state index contributed by atoms with van der Waals surface area (Å²) in [7, 11) is 0. The summed E-state index contributed by atoms with van der Waals surface area (Å²) >= 11 is 0. The molecule has 0 fully saturated rings. The quantitative estimate of drug-likeness (QED) is 0.898. The second kappa shape index (κ2) is 5.96. The van der Waals surface area contributed by atoms with Crippen LogP contribution in [0.5, 0.6) is 0 Å². The first kappa shape index (κ1) is 14.4. The van der Waals surface area contributed by atoms with E-state index in [0.29, 0.717) is 11.3 Å². The lowest BCUT2D eigenvalue weighted by molar-refractivity contribution is 0.186. The number of rotatable bonds is 4. The topological polar surface area (TPSA) is 32.3 Å². The average molecular weight is 281 g/mol. The molecular weight excluding hydrogens is 267 g/mol. The summed E-state index contributed by atoms with van der Waals surface area (Å²) in [5.41, 5.74) is 1.10. The molecule has 0 aliphatic heterocycles. The van der Waals surface area contributed by atoms with Crippen LogP contribution in [0.15, 0.2) is 36.4 Å². The van der Waals surface area contributed by atoms with E-state index in [1.54, 1.807) is 13.0 Å². The number of aryl methyl sites for hydroxylation is 1. The van der Waals surface area contributed by atoms with E-state index < -0.39 is 17.7 Å². The van der Waals surface area contributed by atoms with Crippen LogP contribution in [0.3, 0.4) is 0 Å². The zero-order valence-corrected chi connectivity index (χ0v) is 10.8. The fraction of sp³-hybridized carbons (Fsp3) is 0.200. The first-order valence-corrected chi connectivity index (χ1v) is 6.10. The van der Waals surface area contributed by atoms with Gasteiger partial charge < -0.3 is 10.4 Å². The lowest BCUT2D eigenvalue weighted by Crippen LogP contribution is -2.13. The molecular formula is C15H14F3NO. The molecule has 0 aliphatic rings. The predicted molar refractivity (Wildman–Crippen MR) is 70.9 cm³/mol. The number of anilines is 1. The van der Waals surface area contributed by atoms with Gasteiger partial charge in [-0.2, -0.15) is 0 Å². The Morgan fingerprint density at radius 3 is 2.45 bits per heavy atom. The van der Waals surface area contributed by atoms with E-state index in [1.807, 2.05) is 0 Å². The Morgan fingerprint density at radius 1 is 1.05 bits per heavy atom. The SMILES string of the molecule is Cc1cc(NCC(O)c2ccc(F)cc2F)ccc1F. The Balaban J connectivity index is 2.04. The average Bonchev–Trinajstić information content (AvgIpc) is 2.40. The maximum Gasteiger partial charge on any atom is 0.131 e. The summed E-state index contributed by atoms with van der Waals surface area (Å²) < 4.78 is 39.3. The standard InChI is InChI=1S/C15H14F3NO/c1-9-6-11(3-5-13(9)17)19-8-15(20)12-4-2-10(16)7-14(12)18/h2-7,15,19-20H,8H2,1H3. The van der Waals surface area contributed by atoms with Crippen LogP contribution in [-0.4, -0.2) is 11.7 Å². The Morgan fingerprint density at radius 2 is 1.80 bits per heavy atom. The summed E-state index contributed by atoms with van der Waals surface area (Å²) in [6.07, 6.45) is -1.12. The molecule has 0 bridgehead atoms. The number of halogens is 3. The second-order valence-electron chi connectivity index (χ2n) is 4.53. The Bertz CT molecular complexity index is 616. The summed E-state index contributed by atoms with van der Waals surface area (Å²) in [6.45, 7) is 1.66. The highest BCUT2D eigenvalue weighted by Crippen LogP contribution is 2.20. The third-order valence-corrected chi connectivity index (χ3v) is 2.98. The van der Waals surface area contributed by atoms with Gasteiger partial charge in [0.25, 0.3) is 0 Å². The fourth-order valence-corrected chi connectivity index (χ4v) is 1.85. The first-order valence-electron chi connectivity index (χ1n) is 6.10. The molecule has 20 heavy (non-hydrogen) atoms. The zero-order valence-electron chi connectivity index (χ0n) is 10.8. The van der Waals surface area contributed by atoms with E-state index in [4.69, 9.17) is 0 Å². The molecule has 0 saturated carbocycles. The van der Waals surface area contributed by atoms with Crippen molar-refractivity contribution in [3.8, 4) is 0 Å². The van der Waals surface area contributed by atoms with Gasteiger partial charge in [0.15, 0.2) is 0 Å². The van der Waals surface area contributed by atoms with Crippen molar-refractivity contribution < 1.29 is 18.3 Å². The Labute approximate surface area is 114 Å². The van der Waals surface area contributed by atoms with Crippen LogP contribution in [-0.2, 0) is 0 Å². The first-order chi connectivity index (χ1) is 9.47. The number of aliphatic hydroxyl groups excluding tert-OH is 1. The highest BCUT2D eigenvalue weighted by atomic mass is 19.1. The molecule has 2 aromatic rings. The molecule has 1 atom stereocenters. The van der Waals surface area contributed by atoms with Crippen molar-refractivity contribution in [2.75, 3.05) is 11.9 Å². The van der Waals surface area contributed by atoms with Crippen LogP contribution in [0.4, 0.5) is 18.9 Å². The van der Waals surface area contributed by atoms with Gasteiger partial charge in [0, 0.05) is 23.9 Å². The lowest BCUT2D eigenvalue weighted by atomic mass is 10.1. The van der Waals surface area contributed by atoms with E-state index in [9.17, 15) is 18.3 Å². The number of benzene rings is 2. The van der Waals surface area contributed by atoms with Crippen LogP contribution < -0.4 is 5.32 Å². The van der Waals surface area contributed by atoms with Crippen LogP contribution in [0.25, 0.3) is 0 Å². The van der Waals surface area contributed by atoms with Crippen molar-refractivity contribution in [3.63, 3.8) is 0 Å². The molecule has 2 N–H and O–H groups in total. The summed E-state index contributed by atoms with van der Waals surface area (Å²) in [6, 6.07) is 7.43. The predicted octanol–water partition coefficient (Wildman–Crippen LogP) is 3.56. The zero-order chi connectivity index (χ0) is 14.7. The molecule has 0 aliphatic carbocycles. The molecule has 2 nitrogen and oxygen atoms in total. The van der Waals surface area contributed by atoms with E-state index in [-0.39, 0.29) is 17.9 Å². The molecule has 2 aromatic carbocycles. The van der Waals surface area contributed by atoms with Gasteiger partial charge in [0.05, 0.1) is 6.10 Å². The van der Waals surface area contributed by atoms with Crippen molar-refractivity contribution in [2.45, 2.75) is 13.0 Å². The second-order valence-corrected chi connectivity index (χ2v) is 4.53.